The number of hydrogen-bond donors (Lipinski definition) is 1. The molecule has 6 heteroatoms. The summed E-state index contributed by atoms with van der Waals surface area (Å²) in [6.45, 7) is 5.58. The van der Waals surface area contributed by atoms with Gasteiger partial charge in [-0.2, -0.15) is 0 Å². The Bertz CT molecular complexity index is 589. The van der Waals surface area contributed by atoms with E-state index in [0.717, 1.165) is 11.3 Å². The predicted molar refractivity (Wildman–Crippen MR) is 60.3 cm³/mol. The van der Waals surface area contributed by atoms with E-state index in [1.807, 2.05) is 13.8 Å². The molecule has 6 nitrogen and oxygen atoms in total. The SMILES string of the molecule is Cc1nc(C)c(C)c(-n2cnc(C(=O)O)c2)n1. The Balaban J connectivity index is 2.56. The molecular formula is C11H12N4O2. The third kappa shape index (κ3) is 2.01. The molecule has 2 rings (SSSR count). The molecule has 0 radical (unpaired) electrons. The molecule has 17 heavy (non-hydrogen) atoms. The third-order valence-corrected chi connectivity index (χ3v) is 2.52. The van der Waals surface area contributed by atoms with Gasteiger partial charge in [0, 0.05) is 17.5 Å². The van der Waals surface area contributed by atoms with Crippen LogP contribution in [0, 0.1) is 20.8 Å². The minimum atomic E-state index is -1.05. The van der Waals surface area contributed by atoms with Crippen molar-refractivity contribution in [2.24, 2.45) is 0 Å². The average molecular weight is 232 g/mol. The van der Waals surface area contributed by atoms with Crippen LogP contribution in [0.4, 0.5) is 0 Å². The highest BCUT2D eigenvalue weighted by Gasteiger charge is 2.11. The molecule has 0 unspecified atom stereocenters. The van der Waals surface area contributed by atoms with Gasteiger partial charge in [-0.1, -0.05) is 0 Å². The summed E-state index contributed by atoms with van der Waals surface area (Å²) in [6.07, 6.45) is 2.88. The summed E-state index contributed by atoms with van der Waals surface area (Å²) in [7, 11) is 0. The van der Waals surface area contributed by atoms with Crippen molar-refractivity contribution < 1.29 is 9.90 Å². The summed E-state index contributed by atoms with van der Waals surface area (Å²) < 4.78 is 1.60. The lowest BCUT2D eigenvalue weighted by atomic mass is 10.2. The number of aromatic carboxylic acids is 1. The first-order chi connectivity index (χ1) is 7.99. The maximum Gasteiger partial charge on any atom is 0.356 e. The summed E-state index contributed by atoms with van der Waals surface area (Å²) in [4.78, 5) is 23.1. The number of carboxylic acid groups (broad SMARTS) is 1. The van der Waals surface area contributed by atoms with Crippen LogP contribution in [0.15, 0.2) is 12.5 Å². The number of nitrogens with zero attached hydrogens (tertiary/aromatic N) is 4. The molecule has 0 saturated heterocycles. The van der Waals surface area contributed by atoms with E-state index in [9.17, 15) is 4.79 Å². The Labute approximate surface area is 98.0 Å². The number of hydrogen-bond acceptors (Lipinski definition) is 4. The molecule has 0 aliphatic carbocycles. The molecule has 0 aliphatic heterocycles. The van der Waals surface area contributed by atoms with E-state index < -0.39 is 5.97 Å². The summed E-state index contributed by atoms with van der Waals surface area (Å²) in [5.74, 6) is 0.257. The zero-order valence-electron chi connectivity index (χ0n) is 9.80. The van der Waals surface area contributed by atoms with Gasteiger partial charge >= 0.3 is 5.97 Å². The highest BCUT2D eigenvalue weighted by Crippen LogP contribution is 2.14. The normalized spacial score (nSPS) is 10.5. The van der Waals surface area contributed by atoms with Crippen LogP contribution in [0.25, 0.3) is 5.82 Å². The molecule has 0 spiro atoms. The number of imidazole rings is 1. The number of aryl methyl sites for hydroxylation is 2. The fourth-order valence-corrected chi connectivity index (χ4v) is 1.55. The van der Waals surface area contributed by atoms with E-state index in [1.165, 1.54) is 12.5 Å². The molecule has 0 aromatic carbocycles. The van der Waals surface area contributed by atoms with Crippen molar-refractivity contribution >= 4 is 5.97 Å². The van der Waals surface area contributed by atoms with E-state index in [2.05, 4.69) is 15.0 Å². The van der Waals surface area contributed by atoms with Gasteiger partial charge in [0.1, 0.15) is 18.0 Å². The second-order valence-corrected chi connectivity index (χ2v) is 3.78. The first kappa shape index (κ1) is 11.3. The van der Waals surface area contributed by atoms with E-state index in [0.29, 0.717) is 11.6 Å². The Morgan fingerprint density at radius 2 is 2.00 bits per heavy atom. The van der Waals surface area contributed by atoms with E-state index in [-0.39, 0.29) is 5.69 Å². The van der Waals surface area contributed by atoms with Gasteiger partial charge in [0.15, 0.2) is 5.69 Å². The van der Waals surface area contributed by atoms with Crippen LogP contribution in [-0.4, -0.2) is 30.6 Å². The number of carboxylic acids is 1. The van der Waals surface area contributed by atoms with Gasteiger partial charge in [-0.25, -0.2) is 19.7 Å². The quantitative estimate of drug-likeness (QED) is 0.843. The molecule has 2 aromatic rings. The van der Waals surface area contributed by atoms with Crippen molar-refractivity contribution in [3.05, 3.63) is 35.3 Å². The van der Waals surface area contributed by atoms with Crippen molar-refractivity contribution in [2.45, 2.75) is 20.8 Å². The van der Waals surface area contributed by atoms with E-state index in [4.69, 9.17) is 5.11 Å². The molecule has 0 fully saturated rings. The van der Waals surface area contributed by atoms with Gasteiger partial charge in [0.05, 0.1) is 0 Å². The molecule has 0 bridgehead atoms. The van der Waals surface area contributed by atoms with Gasteiger partial charge in [-0.05, 0) is 20.8 Å². The standard InChI is InChI=1S/C11H12N4O2/c1-6-7(2)13-8(3)14-10(6)15-4-9(11(16)17)12-5-15/h4-5H,1-3H3,(H,16,17). The Morgan fingerprint density at radius 1 is 1.29 bits per heavy atom. The minimum absolute atomic E-state index is 0.00156. The van der Waals surface area contributed by atoms with Gasteiger partial charge in [0.2, 0.25) is 0 Å². The first-order valence-corrected chi connectivity index (χ1v) is 5.08. The van der Waals surface area contributed by atoms with Crippen molar-refractivity contribution in [3.63, 3.8) is 0 Å². The first-order valence-electron chi connectivity index (χ1n) is 5.08. The van der Waals surface area contributed by atoms with Gasteiger partial charge in [-0.3, -0.25) is 4.57 Å². The zero-order chi connectivity index (χ0) is 12.6. The molecule has 2 heterocycles. The Hall–Kier alpha value is -2.24. The molecule has 0 aliphatic rings. The predicted octanol–water partition coefficient (Wildman–Crippen LogP) is 1.29. The third-order valence-electron chi connectivity index (χ3n) is 2.52. The van der Waals surface area contributed by atoms with Gasteiger partial charge in [0.25, 0.3) is 0 Å². The average Bonchev–Trinajstić information content (AvgIpc) is 2.72. The molecule has 1 N–H and O–H groups in total. The summed E-state index contributed by atoms with van der Waals surface area (Å²) in [5, 5.41) is 8.81. The van der Waals surface area contributed by atoms with Gasteiger partial charge < -0.3 is 5.11 Å². The molecule has 0 amide bonds. The maximum absolute atomic E-state index is 10.8. The molecule has 0 saturated carbocycles. The van der Waals surface area contributed by atoms with Crippen molar-refractivity contribution in [2.75, 3.05) is 0 Å². The van der Waals surface area contributed by atoms with Crippen LogP contribution in [0.2, 0.25) is 0 Å². The summed E-state index contributed by atoms with van der Waals surface area (Å²) >= 11 is 0. The van der Waals surface area contributed by atoms with Crippen molar-refractivity contribution in [3.8, 4) is 5.82 Å². The number of aromatic nitrogens is 4. The number of carbonyl (C=O) groups is 1. The topological polar surface area (TPSA) is 80.9 Å². The molecule has 2 aromatic heterocycles. The summed E-state index contributed by atoms with van der Waals surface area (Å²) in [6, 6.07) is 0. The molecule has 88 valence electrons. The van der Waals surface area contributed by atoms with Crippen LogP contribution in [0.5, 0.6) is 0 Å². The number of rotatable bonds is 2. The van der Waals surface area contributed by atoms with Crippen molar-refractivity contribution in [1.29, 1.82) is 0 Å². The van der Waals surface area contributed by atoms with E-state index >= 15 is 0 Å². The van der Waals surface area contributed by atoms with Gasteiger partial charge in [-0.15, -0.1) is 0 Å². The second kappa shape index (κ2) is 3.97. The van der Waals surface area contributed by atoms with Crippen LogP contribution in [-0.2, 0) is 0 Å². The van der Waals surface area contributed by atoms with Crippen LogP contribution in [0.3, 0.4) is 0 Å². The second-order valence-electron chi connectivity index (χ2n) is 3.78. The lowest BCUT2D eigenvalue weighted by Gasteiger charge is -2.08. The minimum Gasteiger partial charge on any atom is -0.476 e. The van der Waals surface area contributed by atoms with E-state index in [1.54, 1.807) is 11.5 Å². The monoisotopic (exact) mass is 232 g/mol. The fourth-order valence-electron chi connectivity index (χ4n) is 1.55. The molecular weight excluding hydrogens is 220 g/mol. The molecule has 0 atom stereocenters. The van der Waals surface area contributed by atoms with Crippen LogP contribution in [0.1, 0.15) is 27.6 Å². The highest BCUT2D eigenvalue weighted by atomic mass is 16.4. The van der Waals surface area contributed by atoms with Crippen molar-refractivity contribution in [1.82, 2.24) is 19.5 Å². The fraction of sp³-hybridized carbons (Fsp3) is 0.273. The summed E-state index contributed by atoms with van der Waals surface area (Å²) in [5.41, 5.74) is 1.78. The largest absolute Gasteiger partial charge is 0.476 e. The smallest absolute Gasteiger partial charge is 0.356 e. The Kier molecular flexibility index (Phi) is 2.63. The Morgan fingerprint density at radius 3 is 2.59 bits per heavy atom. The maximum atomic E-state index is 10.8. The highest BCUT2D eigenvalue weighted by molar-refractivity contribution is 5.85. The zero-order valence-corrected chi connectivity index (χ0v) is 9.80. The lowest BCUT2D eigenvalue weighted by Crippen LogP contribution is -2.04. The van der Waals surface area contributed by atoms with Crippen LogP contribution < -0.4 is 0 Å². The van der Waals surface area contributed by atoms with Crippen LogP contribution >= 0.6 is 0 Å². The lowest BCUT2D eigenvalue weighted by molar-refractivity contribution is 0.0691.